The van der Waals surface area contributed by atoms with Crippen molar-refractivity contribution in [3.05, 3.63) is 28.8 Å². The number of benzene rings is 1. The van der Waals surface area contributed by atoms with Gasteiger partial charge in [-0.15, -0.1) is 12.4 Å². The van der Waals surface area contributed by atoms with Crippen molar-refractivity contribution < 1.29 is 14.6 Å². The van der Waals surface area contributed by atoms with Gasteiger partial charge in [-0.05, 0) is 17.7 Å². The zero-order chi connectivity index (χ0) is 11.3. The fourth-order valence-corrected chi connectivity index (χ4v) is 1.41. The number of nitrogens with one attached hydrogen (secondary N) is 1. The third-order valence-electron chi connectivity index (χ3n) is 1.82. The molecule has 90 valence electrons. The van der Waals surface area contributed by atoms with Crippen molar-refractivity contribution in [3.8, 4) is 5.75 Å². The molecule has 1 aromatic rings. The normalized spacial score (nSPS) is 9.38. The molecule has 6 heteroatoms. The average molecular weight is 266 g/mol. The molecule has 0 atom stereocenters. The van der Waals surface area contributed by atoms with Crippen LogP contribution in [0.15, 0.2) is 18.2 Å². The number of rotatable bonds is 5. The van der Waals surface area contributed by atoms with Crippen LogP contribution in [0.4, 0.5) is 0 Å². The number of hydrogen-bond acceptors (Lipinski definition) is 3. The van der Waals surface area contributed by atoms with Crippen LogP contribution in [0.25, 0.3) is 0 Å². The molecule has 1 aromatic carbocycles. The Kier molecular flexibility index (Phi) is 6.88. The second-order valence-corrected chi connectivity index (χ2v) is 3.37. The van der Waals surface area contributed by atoms with E-state index in [9.17, 15) is 4.79 Å². The quantitative estimate of drug-likeness (QED) is 0.855. The second kappa shape index (κ2) is 7.33. The van der Waals surface area contributed by atoms with Crippen LogP contribution in [-0.4, -0.2) is 24.7 Å². The van der Waals surface area contributed by atoms with Gasteiger partial charge >= 0.3 is 5.97 Å². The molecule has 0 fully saturated rings. The summed E-state index contributed by atoms with van der Waals surface area (Å²) in [6, 6.07) is 5.33. The highest BCUT2D eigenvalue weighted by Crippen LogP contribution is 2.24. The first kappa shape index (κ1) is 15.0. The van der Waals surface area contributed by atoms with Gasteiger partial charge in [0.15, 0.2) is 0 Å². The van der Waals surface area contributed by atoms with Crippen LogP contribution in [0.5, 0.6) is 5.75 Å². The molecule has 16 heavy (non-hydrogen) atoms. The Morgan fingerprint density at radius 3 is 2.75 bits per heavy atom. The van der Waals surface area contributed by atoms with Crippen LogP contribution in [0, 0.1) is 0 Å². The Bertz CT molecular complexity index is 358. The first-order valence-electron chi connectivity index (χ1n) is 4.38. The van der Waals surface area contributed by atoms with Crippen LogP contribution in [-0.2, 0) is 11.3 Å². The predicted molar refractivity (Wildman–Crippen MR) is 64.6 cm³/mol. The molecular formula is C10H13Cl2NO3. The zero-order valence-corrected chi connectivity index (χ0v) is 10.3. The maximum Gasteiger partial charge on any atom is 0.317 e. The fourth-order valence-electron chi connectivity index (χ4n) is 1.13. The third-order valence-corrected chi connectivity index (χ3v) is 2.12. The topological polar surface area (TPSA) is 58.6 Å². The predicted octanol–water partition coefficient (Wildman–Crippen LogP) is 1.94. The van der Waals surface area contributed by atoms with Crippen LogP contribution in [0.2, 0.25) is 5.02 Å². The van der Waals surface area contributed by atoms with E-state index in [1.165, 1.54) is 0 Å². The molecule has 0 aliphatic rings. The van der Waals surface area contributed by atoms with Crippen molar-refractivity contribution in [2.75, 3.05) is 13.7 Å². The maximum absolute atomic E-state index is 10.2. The Labute approximate surface area is 105 Å². The lowest BCUT2D eigenvalue weighted by atomic mass is 10.2. The van der Waals surface area contributed by atoms with Crippen LogP contribution < -0.4 is 10.1 Å². The highest BCUT2D eigenvalue weighted by atomic mass is 35.5. The van der Waals surface area contributed by atoms with E-state index >= 15 is 0 Å². The van der Waals surface area contributed by atoms with E-state index in [1.54, 1.807) is 19.2 Å². The summed E-state index contributed by atoms with van der Waals surface area (Å²) in [5, 5.41) is 11.7. The van der Waals surface area contributed by atoms with Crippen molar-refractivity contribution in [1.29, 1.82) is 0 Å². The number of carbonyl (C=O) groups is 1. The smallest absolute Gasteiger partial charge is 0.317 e. The van der Waals surface area contributed by atoms with Gasteiger partial charge in [0.2, 0.25) is 0 Å². The van der Waals surface area contributed by atoms with E-state index in [2.05, 4.69) is 5.32 Å². The monoisotopic (exact) mass is 265 g/mol. The van der Waals surface area contributed by atoms with Crippen molar-refractivity contribution in [1.82, 2.24) is 5.32 Å². The Morgan fingerprint density at radius 2 is 2.25 bits per heavy atom. The third kappa shape index (κ3) is 4.70. The van der Waals surface area contributed by atoms with Gasteiger partial charge in [-0.3, -0.25) is 4.79 Å². The maximum atomic E-state index is 10.2. The number of methoxy groups -OCH3 is 1. The fraction of sp³-hybridized carbons (Fsp3) is 0.300. The zero-order valence-electron chi connectivity index (χ0n) is 8.70. The van der Waals surface area contributed by atoms with E-state index in [1.807, 2.05) is 6.07 Å². The van der Waals surface area contributed by atoms with E-state index < -0.39 is 5.97 Å². The molecule has 0 spiro atoms. The molecular weight excluding hydrogens is 253 g/mol. The lowest BCUT2D eigenvalue weighted by Crippen LogP contribution is -2.21. The van der Waals surface area contributed by atoms with Gasteiger partial charge in [-0.2, -0.15) is 0 Å². The molecule has 0 aliphatic heterocycles. The molecule has 0 radical (unpaired) electrons. The molecule has 0 aliphatic carbocycles. The van der Waals surface area contributed by atoms with Gasteiger partial charge in [0.1, 0.15) is 5.75 Å². The number of halogens is 2. The molecule has 0 heterocycles. The summed E-state index contributed by atoms with van der Waals surface area (Å²) in [6.45, 7) is 0.402. The first-order chi connectivity index (χ1) is 7.13. The van der Waals surface area contributed by atoms with E-state index in [0.717, 1.165) is 5.56 Å². The Morgan fingerprint density at radius 1 is 1.56 bits per heavy atom. The highest BCUT2D eigenvalue weighted by Gasteiger charge is 2.02. The molecule has 0 bridgehead atoms. The summed E-state index contributed by atoms with van der Waals surface area (Å²) < 4.78 is 5.00. The molecule has 2 N–H and O–H groups in total. The molecule has 0 saturated carbocycles. The minimum atomic E-state index is -0.880. The Balaban J connectivity index is 0.00000225. The summed E-state index contributed by atoms with van der Waals surface area (Å²) in [4.78, 5) is 10.2. The van der Waals surface area contributed by atoms with Gasteiger partial charge < -0.3 is 15.2 Å². The average Bonchev–Trinajstić information content (AvgIpc) is 2.17. The van der Waals surface area contributed by atoms with Crippen LogP contribution in [0.1, 0.15) is 5.56 Å². The molecule has 1 rings (SSSR count). The molecule has 0 saturated heterocycles. The number of ether oxygens (including phenoxy) is 1. The number of aliphatic carboxylic acids is 1. The summed E-state index contributed by atoms with van der Waals surface area (Å²) in [6.07, 6.45) is 0. The van der Waals surface area contributed by atoms with Gasteiger partial charge in [0.25, 0.3) is 0 Å². The molecule has 4 nitrogen and oxygen atoms in total. The lowest BCUT2D eigenvalue weighted by Gasteiger charge is -2.06. The van der Waals surface area contributed by atoms with Gasteiger partial charge in [0, 0.05) is 6.54 Å². The first-order valence-corrected chi connectivity index (χ1v) is 4.76. The molecule has 0 amide bonds. The highest BCUT2D eigenvalue weighted by molar-refractivity contribution is 6.32. The minimum absolute atomic E-state index is 0. The molecule has 0 unspecified atom stereocenters. The molecule has 0 aromatic heterocycles. The minimum Gasteiger partial charge on any atom is -0.495 e. The SMILES string of the molecule is COc1ccc(CNCC(=O)O)cc1Cl.Cl. The summed E-state index contributed by atoms with van der Waals surface area (Å²) >= 11 is 5.90. The summed E-state index contributed by atoms with van der Waals surface area (Å²) in [5.41, 5.74) is 0.919. The van der Waals surface area contributed by atoms with Crippen LogP contribution in [0.3, 0.4) is 0 Å². The lowest BCUT2D eigenvalue weighted by molar-refractivity contribution is -0.135. The van der Waals surface area contributed by atoms with Gasteiger partial charge in [-0.1, -0.05) is 17.7 Å². The number of carboxylic acids is 1. The Hall–Kier alpha value is -0.970. The summed E-state index contributed by atoms with van der Waals surface area (Å²) in [7, 11) is 1.55. The van der Waals surface area contributed by atoms with Crippen molar-refractivity contribution in [2.24, 2.45) is 0 Å². The van der Waals surface area contributed by atoms with E-state index in [0.29, 0.717) is 17.3 Å². The van der Waals surface area contributed by atoms with Crippen molar-refractivity contribution in [3.63, 3.8) is 0 Å². The largest absolute Gasteiger partial charge is 0.495 e. The van der Waals surface area contributed by atoms with Gasteiger partial charge in [0.05, 0.1) is 18.7 Å². The standard InChI is InChI=1S/C10H12ClNO3.ClH/c1-15-9-3-2-7(4-8(9)11)5-12-6-10(13)14;/h2-4,12H,5-6H2,1H3,(H,13,14);1H. The summed E-state index contributed by atoms with van der Waals surface area (Å²) in [5.74, 6) is -0.270. The number of hydrogen-bond donors (Lipinski definition) is 2. The number of carboxylic acid groups (broad SMARTS) is 1. The van der Waals surface area contributed by atoms with Crippen molar-refractivity contribution in [2.45, 2.75) is 6.54 Å². The van der Waals surface area contributed by atoms with Crippen LogP contribution >= 0.6 is 24.0 Å². The van der Waals surface area contributed by atoms with E-state index in [4.69, 9.17) is 21.4 Å². The van der Waals surface area contributed by atoms with Gasteiger partial charge in [-0.25, -0.2) is 0 Å². The van der Waals surface area contributed by atoms with Crippen molar-refractivity contribution >= 4 is 30.0 Å². The van der Waals surface area contributed by atoms with E-state index in [-0.39, 0.29) is 19.0 Å². The second-order valence-electron chi connectivity index (χ2n) is 2.97.